The van der Waals surface area contributed by atoms with Gasteiger partial charge in [-0.3, -0.25) is 4.79 Å². The minimum absolute atomic E-state index is 0.109. The molecule has 0 saturated carbocycles. The van der Waals surface area contributed by atoms with Gasteiger partial charge in [0.15, 0.2) is 0 Å². The molecule has 0 aromatic carbocycles. The highest BCUT2D eigenvalue weighted by atomic mass is 32.1. The fourth-order valence-corrected chi connectivity index (χ4v) is 2.45. The Balaban J connectivity index is 2.46. The van der Waals surface area contributed by atoms with Crippen LogP contribution in [-0.2, 0) is 11.2 Å². The average molecular weight is 240 g/mol. The Hall–Kier alpha value is -0.900. The van der Waals surface area contributed by atoms with E-state index in [0.29, 0.717) is 6.42 Å². The minimum atomic E-state index is -0.143. The molecule has 3 nitrogen and oxygen atoms in total. The summed E-state index contributed by atoms with van der Waals surface area (Å²) < 4.78 is 0. The smallest absolute Gasteiger partial charge is 0.220 e. The van der Waals surface area contributed by atoms with Gasteiger partial charge in [0.1, 0.15) is 0 Å². The van der Waals surface area contributed by atoms with E-state index in [1.807, 2.05) is 34.6 Å². The molecule has 4 heteroatoms. The van der Waals surface area contributed by atoms with Gasteiger partial charge in [-0.2, -0.15) is 0 Å². The molecule has 90 valence electrons. The van der Waals surface area contributed by atoms with E-state index in [0.717, 1.165) is 17.1 Å². The van der Waals surface area contributed by atoms with Crippen LogP contribution >= 0.6 is 11.3 Å². The number of nitrogens with one attached hydrogen (secondary N) is 1. The second kappa shape index (κ2) is 4.95. The first kappa shape index (κ1) is 13.2. The Morgan fingerprint density at radius 1 is 1.38 bits per heavy atom. The van der Waals surface area contributed by atoms with Gasteiger partial charge in [0.2, 0.25) is 5.91 Å². The lowest BCUT2D eigenvalue weighted by Gasteiger charge is -2.20. The third-order valence-corrected chi connectivity index (χ3v) is 3.23. The summed E-state index contributed by atoms with van der Waals surface area (Å²) in [5, 5.41) is 4.03. The summed E-state index contributed by atoms with van der Waals surface area (Å²) in [4.78, 5) is 17.2. The van der Waals surface area contributed by atoms with Crippen molar-refractivity contribution in [1.82, 2.24) is 10.3 Å². The number of amides is 1. The van der Waals surface area contributed by atoms with Crippen molar-refractivity contribution in [3.05, 3.63) is 15.6 Å². The second-order valence-corrected chi connectivity index (χ2v) is 6.33. The summed E-state index contributed by atoms with van der Waals surface area (Å²) in [5.41, 5.74) is 0.918. The zero-order valence-electron chi connectivity index (χ0n) is 10.7. The van der Waals surface area contributed by atoms with Crippen LogP contribution in [0.2, 0.25) is 0 Å². The van der Waals surface area contributed by atoms with Gasteiger partial charge in [-0.15, -0.1) is 11.3 Å². The number of thiazole rings is 1. The van der Waals surface area contributed by atoms with E-state index in [1.54, 1.807) is 11.3 Å². The third-order valence-electron chi connectivity index (χ3n) is 2.09. The fraction of sp³-hybridized carbons (Fsp3) is 0.667. The monoisotopic (exact) mass is 240 g/mol. The van der Waals surface area contributed by atoms with Gasteiger partial charge in [0, 0.05) is 16.8 Å². The van der Waals surface area contributed by atoms with Crippen LogP contribution in [0.4, 0.5) is 0 Å². The first-order valence-corrected chi connectivity index (χ1v) is 6.33. The molecular formula is C12H20N2OS. The zero-order chi connectivity index (χ0) is 12.3. The standard InChI is InChI=1S/C12H20N2OS/c1-8-10(16-9(2)13-8)6-7-11(15)14-12(3,4)5/h6-7H2,1-5H3,(H,14,15). The molecule has 16 heavy (non-hydrogen) atoms. The van der Waals surface area contributed by atoms with Crippen molar-refractivity contribution in [3.8, 4) is 0 Å². The van der Waals surface area contributed by atoms with Gasteiger partial charge < -0.3 is 5.32 Å². The van der Waals surface area contributed by atoms with Gasteiger partial charge in [-0.25, -0.2) is 4.98 Å². The Kier molecular flexibility index (Phi) is 4.08. The summed E-state index contributed by atoms with van der Waals surface area (Å²) >= 11 is 1.68. The summed E-state index contributed by atoms with van der Waals surface area (Å²) in [6, 6.07) is 0. The SMILES string of the molecule is Cc1nc(C)c(CCC(=O)NC(C)(C)C)s1. The summed E-state index contributed by atoms with van der Waals surface area (Å²) in [6.45, 7) is 9.98. The van der Waals surface area contributed by atoms with Crippen LogP contribution in [0, 0.1) is 13.8 Å². The molecule has 1 amide bonds. The van der Waals surface area contributed by atoms with E-state index >= 15 is 0 Å². The largest absolute Gasteiger partial charge is 0.351 e. The summed E-state index contributed by atoms with van der Waals surface area (Å²) in [5.74, 6) is 0.109. The van der Waals surface area contributed by atoms with Gasteiger partial charge in [0.05, 0.1) is 10.7 Å². The predicted molar refractivity (Wildman–Crippen MR) is 67.8 cm³/mol. The molecule has 0 spiro atoms. The molecular weight excluding hydrogens is 220 g/mol. The van der Waals surface area contributed by atoms with Crippen molar-refractivity contribution in [1.29, 1.82) is 0 Å². The topological polar surface area (TPSA) is 42.0 Å². The normalized spacial score (nSPS) is 11.6. The highest BCUT2D eigenvalue weighted by molar-refractivity contribution is 7.11. The molecule has 1 N–H and O–H groups in total. The third kappa shape index (κ3) is 4.31. The van der Waals surface area contributed by atoms with Crippen molar-refractivity contribution in [2.45, 2.75) is 53.0 Å². The van der Waals surface area contributed by atoms with Crippen molar-refractivity contribution in [3.63, 3.8) is 0 Å². The molecule has 1 rings (SSSR count). The molecule has 0 aliphatic rings. The molecule has 0 aliphatic carbocycles. The van der Waals surface area contributed by atoms with E-state index < -0.39 is 0 Å². The van der Waals surface area contributed by atoms with Gasteiger partial charge in [-0.05, 0) is 41.0 Å². The predicted octanol–water partition coefficient (Wildman–Crippen LogP) is 2.61. The lowest BCUT2D eigenvalue weighted by molar-refractivity contribution is -0.122. The second-order valence-electron chi connectivity index (χ2n) is 5.04. The maximum Gasteiger partial charge on any atom is 0.220 e. The molecule has 1 aromatic heterocycles. The highest BCUT2D eigenvalue weighted by Gasteiger charge is 2.14. The molecule has 0 bridgehead atoms. The number of carbonyl (C=O) groups excluding carboxylic acids is 1. The molecule has 0 fully saturated rings. The zero-order valence-corrected chi connectivity index (χ0v) is 11.5. The van der Waals surface area contributed by atoms with Crippen LogP contribution in [0.25, 0.3) is 0 Å². The molecule has 0 radical (unpaired) electrons. The van der Waals surface area contributed by atoms with E-state index in [1.165, 1.54) is 4.88 Å². The number of aryl methyl sites for hydroxylation is 3. The van der Waals surface area contributed by atoms with Crippen LogP contribution in [0.15, 0.2) is 0 Å². The van der Waals surface area contributed by atoms with Gasteiger partial charge in [0.25, 0.3) is 0 Å². The van der Waals surface area contributed by atoms with E-state index in [-0.39, 0.29) is 11.4 Å². The van der Waals surface area contributed by atoms with E-state index in [9.17, 15) is 4.79 Å². The average Bonchev–Trinajstić information content (AvgIpc) is 2.38. The first-order valence-electron chi connectivity index (χ1n) is 5.52. The van der Waals surface area contributed by atoms with E-state index in [4.69, 9.17) is 0 Å². The lowest BCUT2D eigenvalue weighted by Crippen LogP contribution is -2.40. The summed E-state index contributed by atoms with van der Waals surface area (Å²) in [6.07, 6.45) is 1.33. The van der Waals surface area contributed by atoms with Crippen LogP contribution in [0.3, 0.4) is 0 Å². The maximum atomic E-state index is 11.6. The van der Waals surface area contributed by atoms with Gasteiger partial charge in [-0.1, -0.05) is 0 Å². The number of rotatable bonds is 3. The Morgan fingerprint density at radius 2 is 2.00 bits per heavy atom. The molecule has 0 atom stereocenters. The Bertz CT molecular complexity index is 377. The first-order chi connectivity index (χ1) is 7.28. The van der Waals surface area contributed by atoms with E-state index in [2.05, 4.69) is 10.3 Å². The molecule has 0 aliphatic heterocycles. The fourth-order valence-electron chi connectivity index (χ4n) is 1.51. The maximum absolute atomic E-state index is 11.6. The lowest BCUT2D eigenvalue weighted by atomic mass is 10.1. The summed E-state index contributed by atoms with van der Waals surface area (Å²) in [7, 11) is 0. The number of hydrogen-bond donors (Lipinski definition) is 1. The Labute approximate surface area is 101 Å². The van der Waals surface area contributed by atoms with Crippen molar-refractivity contribution >= 4 is 17.2 Å². The Morgan fingerprint density at radius 3 is 2.44 bits per heavy atom. The molecule has 1 heterocycles. The molecule has 1 aromatic rings. The highest BCUT2D eigenvalue weighted by Crippen LogP contribution is 2.18. The van der Waals surface area contributed by atoms with Crippen molar-refractivity contribution in [2.75, 3.05) is 0 Å². The molecule has 0 unspecified atom stereocenters. The number of hydrogen-bond acceptors (Lipinski definition) is 3. The van der Waals surface area contributed by atoms with Crippen LogP contribution in [0.1, 0.15) is 42.8 Å². The van der Waals surface area contributed by atoms with Crippen molar-refractivity contribution in [2.24, 2.45) is 0 Å². The number of nitrogens with zero attached hydrogens (tertiary/aromatic N) is 1. The van der Waals surface area contributed by atoms with Crippen molar-refractivity contribution < 1.29 is 4.79 Å². The molecule has 0 saturated heterocycles. The van der Waals surface area contributed by atoms with Crippen LogP contribution in [-0.4, -0.2) is 16.4 Å². The van der Waals surface area contributed by atoms with Gasteiger partial charge >= 0.3 is 0 Å². The van der Waals surface area contributed by atoms with Crippen LogP contribution in [0.5, 0.6) is 0 Å². The quantitative estimate of drug-likeness (QED) is 0.882. The number of aromatic nitrogens is 1. The minimum Gasteiger partial charge on any atom is -0.351 e. The number of carbonyl (C=O) groups is 1. The van der Waals surface area contributed by atoms with Crippen LogP contribution < -0.4 is 5.32 Å².